The van der Waals surface area contributed by atoms with Gasteiger partial charge in [-0.2, -0.15) is 0 Å². The highest BCUT2D eigenvalue weighted by molar-refractivity contribution is 5.52. The van der Waals surface area contributed by atoms with Crippen molar-refractivity contribution in [2.45, 2.75) is 50.0 Å². The first-order valence-electron chi connectivity index (χ1n) is 11.6. The van der Waals surface area contributed by atoms with Crippen LogP contribution in [0.3, 0.4) is 0 Å². The van der Waals surface area contributed by atoms with Gasteiger partial charge in [-0.05, 0) is 73.1 Å². The van der Waals surface area contributed by atoms with Gasteiger partial charge in [-0.15, -0.1) is 0 Å². The van der Waals surface area contributed by atoms with Crippen molar-refractivity contribution in [2.24, 2.45) is 5.92 Å². The molecule has 162 valence electrons. The SMILES string of the molecule is CN(C)c1ccccc1CC1CC(c2ccccc2)CCC1(O)CCc1ccccc1. The predicted octanol–water partition coefficient (Wildman–Crippen LogP) is 6.24. The van der Waals surface area contributed by atoms with Crippen LogP contribution in [0.1, 0.15) is 48.3 Å². The third kappa shape index (κ3) is 5.19. The van der Waals surface area contributed by atoms with E-state index in [4.69, 9.17) is 0 Å². The Kier molecular flexibility index (Phi) is 6.77. The zero-order valence-electron chi connectivity index (χ0n) is 18.9. The third-order valence-electron chi connectivity index (χ3n) is 7.15. The lowest BCUT2D eigenvalue weighted by Gasteiger charge is -2.44. The first-order chi connectivity index (χ1) is 15.0. The van der Waals surface area contributed by atoms with Crippen molar-refractivity contribution in [3.63, 3.8) is 0 Å². The minimum Gasteiger partial charge on any atom is -0.390 e. The maximum Gasteiger partial charge on any atom is 0.0682 e. The Morgan fingerprint density at radius 3 is 2.23 bits per heavy atom. The summed E-state index contributed by atoms with van der Waals surface area (Å²) in [5.74, 6) is 0.769. The van der Waals surface area contributed by atoms with Crippen LogP contribution in [0.5, 0.6) is 0 Å². The fourth-order valence-corrected chi connectivity index (χ4v) is 5.33. The molecule has 1 N–H and O–H groups in total. The molecule has 3 aromatic carbocycles. The van der Waals surface area contributed by atoms with Crippen molar-refractivity contribution in [3.05, 3.63) is 102 Å². The van der Waals surface area contributed by atoms with Crippen LogP contribution in [-0.2, 0) is 12.8 Å². The normalized spacial score (nSPS) is 23.5. The van der Waals surface area contributed by atoms with Crippen molar-refractivity contribution in [2.75, 3.05) is 19.0 Å². The summed E-state index contributed by atoms with van der Waals surface area (Å²) < 4.78 is 0. The molecule has 0 aromatic heterocycles. The number of benzene rings is 3. The number of rotatable bonds is 7. The molecule has 1 aliphatic carbocycles. The van der Waals surface area contributed by atoms with Crippen molar-refractivity contribution in [1.29, 1.82) is 0 Å². The topological polar surface area (TPSA) is 23.5 Å². The molecule has 2 heteroatoms. The van der Waals surface area contributed by atoms with Gasteiger partial charge in [-0.1, -0.05) is 78.9 Å². The maximum atomic E-state index is 11.9. The monoisotopic (exact) mass is 413 g/mol. The minimum atomic E-state index is -0.624. The van der Waals surface area contributed by atoms with Crippen molar-refractivity contribution >= 4 is 5.69 Å². The zero-order chi connectivity index (χ0) is 21.7. The Balaban J connectivity index is 1.59. The summed E-state index contributed by atoms with van der Waals surface area (Å²) in [7, 11) is 4.21. The van der Waals surface area contributed by atoms with Crippen LogP contribution >= 0.6 is 0 Å². The second kappa shape index (κ2) is 9.70. The van der Waals surface area contributed by atoms with E-state index >= 15 is 0 Å². The second-order valence-corrected chi connectivity index (χ2v) is 9.40. The Morgan fingerprint density at radius 1 is 0.871 bits per heavy atom. The average Bonchev–Trinajstić information content (AvgIpc) is 2.81. The van der Waals surface area contributed by atoms with E-state index < -0.39 is 5.60 Å². The van der Waals surface area contributed by atoms with Gasteiger partial charge in [0, 0.05) is 19.8 Å². The molecule has 0 saturated heterocycles. The Hall–Kier alpha value is -2.58. The molecular weight excluding hydrogens is 378 g/mol. The van der Waals surface area contributed by atoms with Crippen LogP contribution in [0.25, 0.3) is 0 Å². The number of hydrogen-bond donors (Lipinski definition) is 1. The molecule has 31 heavy (non-hydrogen) atoms. The summed E-state index contributed by atoms with van der Waals surface area (Å²) in [5, 5.41) is 11.9. The molecule has 0 heterocycles. The number of anilines is 1. The lowest BCUT2D eigenvalue weighted by molar-refractivity contribution is -0.0594. The molecule has 1 fully saturated rings. The molecule has 0 radical (unpaired) electrons. The predicted molar refractivity (Wildman–Crippen MR) is 131 cm³/mol. The van der Waals surface area contributed by atoms with Gasteiger partial charge >= 0.3 is 0 Å². The lowest BCUT2D eigenvalue weighted by Crippen LogP contribution is -2.44. The largest absolute Gasteiger partial charge is 0.390 e. The van der Waals surface area contributed by atoms with Gasteiger partial charge in [-0.25, -0.2) is 0 Å². The van der Waals surface area contributed by atoms with E-state index in [1.807, 2.05) is 0 Å². The van der Waals surface area contributed by atoms with Gasteiger partial charge in [0.25, 0.3) is 0 Å². The van der Waals surface area contributed by atoms with Gasteiger partial charge in [0.15, 0.2) is 0 Å². The van der Waals surface area contributed by atoms with E-state index in [-0.39, 0.29) is 5.92 Å². The molecule has 0 amide bonds. The van der Waals surface area contributed by atoms with E-state index in [0.29, 0.717) is 5.92 Å². The van der Waals surface area contributed by atoms with Gasteiger partial charge in [0.2, 0.25) is 0 Å². The molecule has 1 saturated carbocycles. The fourth-order valence-electron chi connectivity index (χ4n) is 5.33. The number of para-hydroxylation sites is 1. The van der Waals surface area contributed by atoms with Crippen LogP contribution in [0.4, 0.5) is 5.69 Å². The van der Waals surface area contributed by atoms with Crippen LogP contribution < -0.4 is 4.90 Å². The van der Waals surface area contributed by atoms with Crippen LogP contribution in [0.2, 0.25) is 0 Å². The average molecular weight is 414 g/mol. The van der Waals surface area contributed by atoms with E-state index in [9.17, 15) is 5.11 Å². The Morgan fingerprint density at radius 2 is 1.52 bits per heavy atom. The van der Waals surface area contributed by atoms with E-state index in [0.717, 1.165) is 38.5 Å². The highest BCUT2D eigenvalue weighted by Crippen LogP contribution is 2.46. The van der Waals surface area contributed by atoms with Crippen molar-refractivity contribution in [1.82, 2.24) is 0 Å². The summed E-state index contributed by atoms with van der Waals surface area (Å²) in [6, 6.07) is 30.1. The molecule has 0 spiro atoms. The molecule has 3 aromatic rings. The van der Waals surface area contributed by atoms with Gasteiger partial charge in [-0.3, -0.25) is 0 Å². The summed E-state index contributed by atoms with van der Waals surface area (Å²) >= 11 is 0. The molecule has 2 nitrogen and oxygen atoms in total. The van der Waals surface area contributed by atoms with Gasteiger partial charge in [0.1, 0.15) is 0 Å². The van der Waals surface area contributed by atoms with Crippen molar-refractivity contribution < 1.29 is 5.11 Å². The number of aryl methyl sites for hydroxylation is 1. The highest BCUT2D eigenvalue weighted by Gasteiger charge is 2.42. The highest BCUT2D eigenvalue weighted by atomic mass is 16.3. The first kappa shape index (κ1) is 21.6. The number of hydrogen-bond acceptors (Lipinski definition) is 2. The number of aliphatic hydroxyl groups is 1. The molecule has 1 aliphatic rings. The van der Waals surface area contributed by atoms with Gasteiger partial charge in [0.05, 0.1) is 5.60 Å². The van der Waals surface area contributed by atoms with E-state index in [2.05, 4.69) is 104 Å². The molecule has 0 bridgehead atoms. The summed E-state index contributed by atoms with van der Waals surface area (Å²) in [6.07, 6.45) is 5.64. The Labute approximate surface area is 187 Å². The van der Waals surface area contributed by atoms with Crippen molar-refractivity contribution in [3.8, 4) is 0 Å². The van der Waals surface area contributed by atoms with Crippen LogP contribution in [0, 0.1) is 5.92 Å². The van der Waals surface area contributed by atoms with Gasteiger partial charge < -0.3 is 10.0 Å². The first-order valence-corrected chi connectivity index (χ1v) is 11.6. The van der Waals surface area contributed by atoms with Crippen LogP contribution in [0.15, 0.2) is 84.9 Å². The zero-order valence-corrected chi connectivity index (χ0v) is 18.9. The van der Waals surface area contributed by atoms with Crippen LogP contribution in [-0.4, -0.2) is 24.8 Å². The smallest absolute Gasteiger partial charge is 0.0682 e. The molecule has 3 atom stereocenters. The summed E-state index contributed by atoms with van der Waals surface area (Å²) in [6.45, 7) is 0. The molecule has 3 unspecified atom stereocenters. The summed E-state index contributed by atoms with van der Waals surface area (Å²) in [4.78, 5) is 2.19. The van der Waals surface area contributed by atoms with E-state index in [1.165, 1.54) is 22.4 Å². The standard InChI is InChI=1S/C29H35NO/c1-30(2)28-16-10-9-15-26(28)22-27-21-25(24-13-7-4-8-14-24)18-20-29(27,31)19-17-23-11-5-3-6-12-23/h3-16,25,27,31H,17-22H2,1-2H3. The molecule has 0 aliphatic heterocycles. The second-order valence-electron chi connectivity index (χ2n) is 9.40. The summed E-state index contributed by atoms with van der Waals surface area (Å²) in [5.41, 5.74) is 4.70. The number of nitrogens with zero attached hydrogens (tertiary/aromatic N) is 1. The Bertz CT molecular complexity index is 953. The van der Waals surface area contributed by atoms with E-state index in [1.54, 1.807) is 0 Å². The third-order valence-corrected chi connectivity index (χ3v) is 7.15. The minimum absolute atomic E-state index is 0.247. The molecular formula is C29H35NO. The maximum absolute atomic E-state index is 11.9. The quantitative estimate of drug-likeness (QED) is 0.495. The molecule has 4 rings (SSSR count). The fraction of sp³-hybridized carbons (Fsp3) is 0.379. The lowest BCUT2D eigenvalue weighted by atomic mass is 9.65.